The molecule has 25 heavy (non-hydrogen) atoms. The lowest BCUT2D eigenvalue weighted by molar-refractivity contribution is -0.122. The lowest BCUT2D eigenvalue weighted by Crippen LogP contribution is -2.30. The van der Waals surface area contributed by atoms with Gasteiger partial charge in [0.15, 0.2) is 6.10 Å². The van der Waals surface area contributed by atoms with E-state index in [4.69, 9.17) is 9.47 Å². The number of methoxy groups -OCH3 is 1. The number of carbonyl (C=O) groups excluding carboxylic acids is 1. The van der Waals surface area contributed by atoms with Gasteiger partial charge in [0.05, 0.1) is 12.8 Å². The largest absolute Gasteiger partial charge is 0.495 e. The minimum atomic E-state index is -0.621. The molecule has 0 fully saturated rings. The second-order valence-corrected chi connectivity index (χ2v) is 7.23. The molecule has 1 atom stereocenters. The van der Waals surface area contributed by atoms with Crippen LogP contribution in [0.5, 0.6) is 11.5 Å². The fourth-order valence-corrected chi connectivity index (χ4v) is 2.45. The molecular weight excluding hydrogens is 314 g/mol. The fraction of sp³-hybridized carbons (Fsp3) is 0.381. The van der Waals surface area contributed by atoms with Gasteiger partial charge in [-0.05, 0) is 54.7 Å². The molecule has 1 amide bonds. The minimum absolute atomic E-state index is 0.0184. The lowest BCUT2D eigenvalue weighted by atomic mass is 9.87. The Morgan fingerprint density at radius 2 is 1.84 bits per heavy atom. The van der Waals surface area contributed by atoms with Crippen molar-refractivity contribution < 1.29 is 14.3 Å². The first-order chi connectivity index (χ1) is 11.7. The molecule has 0 radical (unpaired) electrons. The highest BCUT2D eigenvalue weighted by molar-refractivity contribution is 5.95. The third-order valence-corrected chi connectivity index (χ3v) is 3.99. The van der Waals surface area contributed by atoms with Gasteiger partial charge in [-0.1, -0.05) is 39.0 Å². The number of amides is 1. The molecule has 0 aliphatic heterocycles. The third-order valence-electron chi connectivity index (χ3n) is 3.99. The summed E-state index contributed by atoms with van der Waals surface area (Å²) in [4.78, 5) is 12.5. The van der Waals surface area contributed by atoms with Crippen molar-refractivity contribution in [2.75, 3.05) is 12.4 Å². The maximum absolute atomic E-state index is 12.5. The number of anilines is 1. The van der Waals surface area contributed by atoms with Gasteiger partial charge in [0, 0.05) is 0 Å². The van der Waals surface area contributed by atoms with E-state index in [0.717, 1.165) is 11.1 Å². The van der Waals surface area contributed by atoms with E-state index in [1.165, 1.54) is 0 Å². The highest BCUT2D eigenvalue weighted by Gasteiger charge is 2.20. The van der Waals surface area contributed by atoms with E-state index in [9.17, 15) is 4.79 Å². The van der Waals surface area contributed by atoms with E-state index in [0.29, 0.717) is 17.2 Å². The zero-order valence-electron chi connectivity index (χ0n) is 15.8. The third kappa shape index (κ3) is 4.99. The van der Waals surface area contributed by atoms with Crippen molar-refractivity contribution in [1.82, 2.24) is 0 Å². The fourth-order valence-electron chi connectivity index (χ4n) is 2.45. The van der Waals surface area contributed by atoms with E-state index in [2.05, 4.69) is 26.1 Å². The lowest BCUT2D eigenvalue weighted by Gasteiger charge is -2.22. The van der Waals surface area contributed by atoms with E-state index >= 15 is 0 Å². The molecule has 2 rings (SSSR count). The highest BCUT2D eigenvalue weighted by Crippen LogP contribution is 2.31. The van der Waals surface area contributed by atoms with Crippen LogP contribution in [0.1, 0.15) is 38.8 Å². The van der Waals surface area contributed by atoms with Crippen molar-refractivity contribution in [2.24, 2.45) is 0 Å². The van der Waals surface area contributed by atoms with E-state index in [1.54, 1.807) is 14.0 Å². The number of benzene rings is 2. The number of ether oxygens (including phenoxy) is 2. The number of nitrogens with one attached hydrogen (secondary N) is 1. The van der Waals surface area contributed by atoms with Crippen LogP contribution in [0, 0.1) is 6.92 Å². The Morgan fingerprint density at radius 1 is 1.12 bits per heavy atom. The summed E-state index contributed by atoms with van der Waals surface area (Å²) >= 11 is 0. The standard InChI is InChI=1S/C21H27NO3/c1-14-8-7-9-17(12-14)25-15(2)20(23)22-18-13-16(21(3,4)5)10-11-19(18)24-6/h7-13,15H,1-6H3,(H,22,23)/t15-/m1/s1. The first kappa shape index (κ1) is 18.8. The molecule has 4 heteroatoms. The molecule has 1 N–H and O–H groups in total. The molecule has 134 valence electrons. The zero-order valence-corrected chi connectivity index (χ0v) is 15.8. The van der Waals surface area contributed by atoms with Crippen LogP contribution in [0.2, 0.25) is 0 Å². The van der Waals surface area contributed by atoms with Crippen LogP contribution in [0.15, 0.2) is 42.5 Å². The SMILES string of the molecule is COc1ccc(C(C)(C)C)cc1NC(=O)[C@@H](C)Oc1cccc(C)c1. The topological polar surface area (TPSA) is 47.6 Å². The van der Waals surface area contributed by atoms with Crippen LogP contribution in [0.25, 0.3) is 0 Å². The van der Waals surface area contributed by atoms with E-state index < -0.39 is 6.10 Å². The maximum atomic E-state index is 12.5. The molecule has 0 heterocycles. The molecule has 2 aromatic carbocycles. The van der Waals surface area contributed by atoms with Gasteiger partial charge in [-0.15, -0.1) is 0 Å². The Balaban J connectivity index is 2.15. The van der Waals surface area contributed by atoms with Crippen LogP contribution in [0.4, 0.5) is 5.69 Å². The van der Waals surface area contributed by atoms with Crippen LogP contribution >= 0.6 is 0 Å². The van der Waals surface area contributed by atoms with Crippen LogP contribution in [-0.2, 0) is 10.2 Å². The van der Waals surface area contributed by atoms with E-state index in [1.807, 2.05) is 49.4 Å². The summed E-state index contributed by atoms with van der Waals surface area (Å²) in [7, 11) is 1.59. The molecule has 0 saturated heterocycles. The Labute approximate surface area is 150 Å². The Kier molecular flexibility index (Phi) is 5.73. The van der Waals surface area contributed by atoms with Gasteiger partial charge in [-0.2, -0.15) is 0 Å². The van der Waals surface area contributed by atoms with Crippen LogP contribution < -0.4 is 14.8 Å². The summed E-state index contributed by atoms with van der Waals surface area (Å²) in [6, 6.07) is 13.5. The Morgan fingerprint density at radius 3 is 2.44 bits per heavy atom. The second kappa shape index (κ2) is 7.60. The monoisotopic (exact) mass is 341 g/mol. The molecule has 0 aliphatic carbocycles. The predicted molar refractivity (Wildman–Crippen MR) is 102 cm³/mol. The molecule has 0 aromatic heterocycles. The highest BCUT2D eigenvalue weighted by atomic mass is 16.5. The summed E-state index contributed by atoms with van der Waals surface area (Å²) in [6.07, 6.45) is -0.621. The second-order valence-electron chi connectivity index (χ2n) is 7.23. The van der Waals surface area contributed by atoms with Gasteiger partial charge in [-0.3, -0.25) is 4.79 Å². The molecular formula is C21H27NO3. The van der Waals surface area contributed by atoms with Crippen molar-refractivity contribution in [2.45, 2.75) is 46.1 Å². The average molecular weight is 341 g/mol. The molecule has 0 spiro atoms. The van der Waals surface area contributed by atoms with Gasteiger partial charge in [0.1, 0.15) is 11.5 Å². The first-order valence-electron chi connectivity index (χ1n) is 8.43. The summed E-state index contributed by atoms with van der Waals surface area (Å²) in [5.41, 5.74) is 2.84. The van der Waals surface area contributed by atoms with Gasteiger partial charge < -0.3 is 14.8 Å². The predicted octanol–water partition coefficient (Wildman–Crippen LogP) is 4.71. The molecule has 0 saturated carbocycles. The minimum Gasteiger partial charge on any atom is -0.495 e. The normalized spacial score (nSPS) is 12.4. The quantitative estimate of drug-likeness (QED) is 0.857. The smallest absolute Gasteiger partial charge is 0.265 e. The van der Waals surface area contributed by atoms with Crippen molar-refractivity contribution >= 4 is 11.6 Å². The molecule has 0 bridgehead atoms. The Bertz CT molecular complexity index is 747. The molecule has 4 nitrogen and oxygen atoms in total. The van der Waals surface area contributed by atoms with Gasteiger partial charge in [-0.25, -0.2) is 0 Å². The van der Waals surface area contributed by atoms with Crippen molar-refractivity contribution in [3.05, 3.63) is 53.6 Å². The van der Waals surface area contributed by atoms with Crippen LogP contribution in [0.3, 0.4) is 0 Å². The first-order valence-corrected chi connectivity index (χ1v) is 8.43. The van der Waals surface area contributed by atoms with Gasteiger partial charge in [0.25, 0.3) is 5.91 Å². The zero-order chi connectivity index (χ0) is 18.6. The number of aryl methyl sites for hydroxylation is 1. The number of rotatable bonds is 5. The average Bonchev–Trinajstić information content (AvgIpc) is 2.53. The molecule has 0 unspecified atom stereocenters. The van der Waals surface area contributed by atoms with Crippen molar-refractivity contribution in [1.29, 1.82) is 0 Å². The van der Waals surface area contributed by atoms with E-state index in [-0.39, 0.29) is 11.3 Å². The summed E-state index contributed by atoms with van der Waals surface area (Å²) in [5, 5.41) is 2.92. The van der Waals surface area contributed by atoms with Crippen molar-refractivity contribution in [3.63, 3.8) is 0 Å². The van der Waals surface area contributed by atoms with Gasteiger partial charge >= 0.3 is 0 Å². The summed E-state index contributed by atoms with van der Waals surface area (Å²) in [5.74, 6) is 1.09. The molecule has 2 aromatic rings. The number of carbonyl (C=O) groups is 1. The van der Waals surface area contributed by atoms with Crippen molar-refractivity contribution in [3.8, 4) is 11.5 Å². The number of hydrogen-bond acceptors (Lipinski definition) is 3. The molecule has 0 aliphatic rings. The summed E-state index contributed by atoms with van der Waals surface area (Å²) in [6.45, 7) is 10.1. The number of hydrogen-bond donors (Lipinski definition) is 1. The maximum Gasteiger partial charge on any atom is 0.265 e. The Hall–Kier alpha value is -2.49. The van der Waals surface area contributed by atoms with Gasteiger partial charge in [0.2, 0.25) is 0 Å². The van der Waals surface area contributed by atoms with Crippen LogP contribution in [-0.4, -0.2) is 19.1 Å². The summed E-state index contributed by atoms with van der Waals surface area (Å²) < 4.78 is 11.1.